The van der Waals surface area contributed by atoms with Crippen molar-refractivity contribution in [1.29, 1.82) is 0 Å². The zero-order chi connectivity index (χ0) is 16.3. The lowest BCUT2D eigenvalue weighted by atomic mass is 10.0. The fourth-order valence-electron chi connectivity index (χ4n) is 2.29. The lowest BCUT2D eigenvalue weighted by Gasteiger charge is -2.31. The summed E-state index contributed by atoms with van der Waals surface area (Å²) in [5.74, 6) is -0.198. The maximum Gasteiger partial charge on any atom is 0.338 e. The summed E-state index contributed by atoms with van der Waals surface area (Å²) in [5.41, 5.74) is 0.247. The van der Waals surface area contributed by atoms with Gasteiger partial charge in [0.15, 0.2) is 5.60 Å². The van der Waals surface area contributed by atoms with Gasteiger partial charge in [-0.25, -0.2) is 4.79 Å². The van der Waals surface area contributed by atoms with Crippen LogP contribution in [0, 0.1) is 0 Å². The molecule has 0 aliphatic heterocycles. The molecule has 2 atom stereocenters. The number of esters is 1. The Hall–Kier alpha value is -0.570. The molecule has 0 aromatic heterocycles. The van der Waals surface area contributed by atoms with Gasteiger partial charge >= 0.3 is 5.97 Å². The molecule has 0 spiro atoms. The molecule has 0 saturated carbocycles. The topological polar surface area (TPSA) is 35.5 Å². The number of thioether (sulfide) groups is 1. The Morgan fingerprint density at radius 1 is 1.18 bits per heavy atom. The summed E-state index contributed by atoms with van der Waals surface area (Å²) in [6.07, 6.45) is 2.38. The van der Waals surface area contributed by atoms with E-state index in [0.29, 0.717) is 21.8 Å². The summed E-state index contributed by atoms with van der Waals surface area (Å²) in [6.45, 7) is 6.79. The molecule has 1 aromatic carbocycles. The van der Waals surface area contributed by atoms with E-state index in [4.69, 9.17) is 9.47 Å². The molecule has 0 bridgehead atoms. The second-order valence-corrected chi connectivity index (χ2v) is 7.69. The molecule has 1 aromatic rings. The Kier molecular flexibility index (Phi) is 9.77. The van der Waals surface area contributed by atoms with E-state index in [1.807, 2.05) is 43.8 Å². The van der Waals surface area contributed by atoms with E-state index in [2.05, 4.69) is 19.1 Å². The van der Waals surface area contributed by atoms with Crippen molar-refractivity contribution in [3.8, 4) is 0 Å². The van der Waals surface area contributed by atoms with Gasteiger partial charge in [0.25, 0.3) is 0 Å². The molecule has 1 rings (SSSR count). The third kappa shape index (κ3) is 6.28. The molecular weight excluding hydrogens is 315 g/mol. The Bertz CT molecular complexity index is 419. The monoisotopic (exact) mass is 342 g/mol. The molecule has 0 fully saturated rings. The minimum absolute atomic E-state index is 0.198. The predicted molar refractivity (Wildman–Crippen MR) is 96.2 cm³/mol. The summed E-state index contributed by atoms with van der Waals surface area (Å²) in [4.78, 5) is 13.6. The van der Waals surface area contributed by atoms with Crippen LogP contribution < -0.4 is 0 Å². The van der Waals surface area contributed by atoms with E-state index < -0.39 is 5.60 Å². The Labute approximate surface area is 140 Å². The number of hydrogen-bond acceptors (Lipinski definition) is 4. The first-order chi connectivity index (χ1) is 10.7. The molecule has 0 aliphatic carbocycles. The molecule has 3 nitrogen and oxygen atoms in total. The largest absolute Gasteiger partial charge is 0.464 e. The Morgan fingerprint density at radius 3 is 2.50 bits per heavy atom. The van der Waals surface area contributed by atoms with E-state index in [0.717, 1.165) is 24.5 Å². The van der Waals surface area contributed by atoms with Crippen molar-refractivity contribution in [3.05, 3.63) is 30.3 Å². The van der Waals surface area contributed by atoms with E-state index in [-0.39, 0.29) is 5.97 Å². The summed E-state index contributed by atoms with van der Waals surface area (Å²) in [7, 11) is 0.663. The average Bonchev–Trinajstić information content (AvgIpc) is 2.53. The van der Waals surface area contributed by atoms with Crippen LogP contribution in [0.4, 0.5) is 0 Å². The number of benzene rings is 1. The van der Waals surface area contributed by atoms with E-state index in [1.54, 1.807) is 0 Å². The smallest absolute Gasteiger partial charge is 0.338 e. The van der Waals surface area contributed by atoms with Crippen LogP contribution in [0.15, 0.2) is 35.2 Å². The highest BCUT2D eigenvalue weighted by Crippen LogP contribution is 2.33. The zero-order valence-corrected chi connectivity index (χ0v) is 15.6. The average molecular weight is 342 g/mol. The van der Waals surface area contributed by atoms with Gasteiger partial charge in [-0.15, -0.1) is 20.3 Å². The van der Waals surface area contributed by atoms with Crippen LogP contribution in [0.25, 0.3) is 0 Å². The lowest BCUT2D eigenvalue weighted by Crippen LogP contribution is -2.45. The van der Waals surface area contributed by atoms with Crippen LogP contribution in [0.2, 0.25) is 0 Å². The molecule has 5 heteroatoms. The third-order valence-corrected chi connectivity index (χ3v) is 6.04. The summed E-state index contributed by atoms with van der Waals surface area (Å²) < 4.78 is 11.1. The van der Waals surface area contributed by atoms with Gasteiger partial charge in [-0.1, -0.05) is 31.5 Å². The third-order valence-electron chi connectivity index (χ3n) is 3.22. The first-order valence-electron chi connectivity index (χ1n) is 7.88. The number of ether oxygens (including phenoxy) is 2. The number of carbonyl (C=O) groups excluding carboxylic acids is 1. The Balaban J connectivity index is 2.57. The van der Waals surface area contributed by atoms with Gasteiger partial charge in [0.1, 0.15) is 0 Å². The van der Waals surface area contributed by atoms with Crippen LogP contribution >= 0.6 is 20.3 Å². The van der Waals surface area contributed by atoms with Gasteiger partial charge in [0.2, 0.25) is 0 Å². The molecule has 0 heterocycles. The first-order valence-corrected chi connectivity index (χ1v) is 10.3. The molecule has 0 radical (unpaired) electrons. The van der Waals surface area contributed by atoms with Gasteiger partial charge in [-0.3, -0.25) is 0 Å². The van der Waals surface area contributed by atoms with Crippen molar-refractivity contribution in [2.45, 2.75) is 44.1 Å². The fraction of sp³-hybridized carbons (Fsp3) is 0.588. The minimum atomic E-state index is -0.755. The molecule has 2 unspecified atom stereocenters. The quantitative estimate of drug-likeness (QED) is 0.256. The van der Waals surface area contributed by atoms with Crippen molar-refractivity contribution >= 4 is 26.3 Å². The number of hydrogen-bond donors (Lipinski definition) is 0. The highest BCUT2D eigenvalue weighted by molar-refractivity contribution is 8.03. The summed E-state index contributed by atoms with van der Waals surface area (Å²) in [5, 5.41) is 0. The van der Waals surface area contributed by atoms with E-state index in [9.17, 15) is 4.79 Å². The highest BCUT2D eigenvalue weighted by atomic mass is 32.2. The maximum atomic E-state index is 12.4. The molecule has 0 aliphatic rings. The predicted octanol–water partition coefficient (Wildman–Crippen LogP) is 4.55. The Morgan fingerprint density at radius 2 is 1.91 bits per heavy atom. The van der Waals surface area contributed by atoms with Gasteiger partial charge in [-0.05, 0) is 32.4 Å². The van der Waals surface area contributed by atoms with E-state index >= 15 is 0 Å². The van der Waals surface area contributed by atoms with Crippen molar-refractivity contribution in [2.24, 2.45) is 0 Å². The van der Waals surface area contributed by atoms with Crippen molar-refractivity contribution in [1.82, 2.24) is 0 Å². The molecule has 124 valence electrons. The van der Waals surface area contributed by atoms with Crippen LogP contribution in [0.1, 0.15) is 33.6 Å². The van der Waals surface area contributed by atoms with Gasteiger partial charge in [0.05, 0.1) is 6.61 Å². The standard InChI is InChI=1S/C17H27O3PS/c1-4-12-17(20-6-3,16(18)19-5-2)13-21-14-22-15-10-8-7-9-11-15/h7-11,21H,4-6,12-14H2,1-3H3. The molecular formula is C17H27O3PS. The minimum Gasteiger partial charge on any atom is -0.464 e. The maximum absolute atomic E-state index is 12.4. The summed E-state index contributed by atoms with van der Waals surface area (Å²) >= 11 is 1.83. The molecule has 0 amide bonds. The lowest BCUT2D eigenvalue weighted by molar-refractivity contribution is -0.169. The molecule has 22 heavy (non-hydrogen) atoms. The van der Waals surface area contributed by atoms with Crippen molar-refractivity contribution in [3.63, 3.8) is 0 Å². The summed E-state index contributed by atoms with van der Waals surface area (Å²) in [6, 6.07) is 10.3. The number of carbonyl (C=O) groups is 1. The SMILES string of the molecule is CCCC(CPCSc1ccccc1)(OCC)C(=O)OCC. The van der Waals surface area contributed by atoms with Crippen LogP contribution in [-0.4, -0.2) is 36.4 Å². The van der Waals surface area contributed by atoms with Crippen LogP contribution in [0.3, 0.4) is 0 Å². The van der Waals surface area contributed by atoms with E-state index in [1.165, 1.54) is 4.90 Å². The molecule has 0 saturated heterocycles. The second kappa shape index (κ2) is 11.0. The van der Waals surface area contributed by atoms with Crippen molar-refractivity contribution < 1.29 is 14.3 Å². The van der Waals surface area contributed by atoms with Crippen molar-refractivity contribution in [2.75, 3.05) is 24.9 Å². The first kappa shape index (κ1) is 19.5. The van der Waals surface area contributed by atoms with Crippen LogP contribution in [-0.2, 0) is 14.3 Å². The van der Waals surface area contributed by atoms with Crippen LogP contribution in [0.5, 0.6) is 0 Å². The number of rotatable bonds is 11. The van der Waals surface area contributed by atoms with Gasteiger partial charge in [0, 0.05) is 23.2 Å². The van der Waals surface area contributed by atoms with Gasteiger partial charge in [-0.2, -0.15) is 0 Å². The highest BCUT2D eigenvalue weighted by Gasteiger charge is 2.39. The normalized spacial score (nSPS) is 14.1. The van der Waals surface area contributed by atoms with Gasteiger partial charge < -0.3 is 9.47 Å². The second-order valence-electron chi connectivity index (χ2n) is 4.93. The fourth-order valence-corrected chi connectivity index (χ4v) is 4.95. The molecule has 0 N–H and O–H groups in total. The zero-order valence-electron chi connectivity index (χ0n) is 13.8.